The minimum absolute atomic E-state index is 0. The maximum absolute atomic E-state index is 11.6. The number of carbonyl (C=O) groups is 1. The second kappa shape index (κ2) is 10.6. The topological polar surface area (TPSA) is 98.9 Å². The number of nitrogens with zero attached hydrogens (tertiary/aromatic N) is 1. The summed E-state index contributed by atoms with van der Waals surface area (Å²) in [6.45, 7) is 5.19. The van der Waals surface area contributed by atoms with Gasteiger partial charge in [0.2, 0.25) is 5.91 Å². The third-order valence-electron chi connectivity index (χ3n) is 3.76. The van der Waals surface area contributed by atoms with Crippen molar-refractivity contribution in [2.75, 3.05) is 19.6 Å². The number of nitrogens with one attached hydrogen (secondary N) is 3. The lowest BCUT2D eigenvalue weighted by molar-refractivity contribution is -0.121. The smallest absolute Gasteiger partial charge is 0.220 e. The Labute approximate surface area is 166 Å². The van der Waals surface area contributed by atoms with Crippen molar-refractivity contribution in [1.82, 2.24) is 16.0 Å². The van der Waals surface area contributed by atoms with Crippen LogP contribution < -0.4 is 16.0 Å². The van der Waals surface area contributed by atoms with Crippen LogP contribution in [0, 0.1) is 0 Å². The fourth-order valence-corrected chi connectivity index (χ4v) is 2.22. The number of halogens is 1. The molecule has 8 heteroatoms. The fraction of sp³-hybridized carbons (Fsp3) is 0.647. The number of furan rings is 1. The van der Waals surface area contributed by atoms with E-state index in [-0.39, 0.29) is 36.4 Å². The number of aliphatic imine (C=N–C) groups is 1. The van der Waals surface area contributed by atoms with Crippen LogP contribution in [0.3, 0.4) is 0 Å². The molecule has 1 saturated carbocycles. The van der Waals surface area contributed by atoms with Crippen LogP contribution in [0.2, 0.25) is 0 Å². The van der Waals surface area contributed by atoms with Gasteiger partial charge in [-0.3, -0.25) is 4.79 Å². The normalized spacial score (nSPS) is 16.5. The summed E-state index contributed by atoms with van der Waals surface area (Å²) in [4.78, 5) is 16.0. The highest BCUT2D eigenvalue weighted by atomic mass is 127. The molecule has 25 heavy (non-hydrogen) atoms. The molecular formula is C17H29IN4O3. The Morgan fingerprint density at radius 3 is 2.80 bits per heavy atom. The highest BCUT2D eigenvalue weighted by Gasteiger charge is 2.26. The van der Waals surface area contributed by atoms with Gasteiger partial charge in [0.1, 0.15) is 11.4 Å². The van der Waals surface area contributed by atoms with Gasteiger partial charge in [0.05, 0.1) is 12.8 Å². The molecule has 1 aliphatic carbocycles. The Hall–Kier alpha value is -1.29. The maximum Gasteiger partial charge on any atom is 0.220 e. The summed E-state index contributed by atoms with van der Waals surface area (Å²) in [7, 11) is 0. The predicted molar refractivity (Wildman–Crippen MR) is 108 cm³/mol. The number of hydrogen-bond donors (Lipinski definition) is 4. The Balaban J connectivity index is 0.00000312. The first-order chi connectivity index (χ1) is 11.5. The number of carbonyl (C=O) groups excluding carboxylic acids is 1. The van der Waals surface area contributed by atoms with Crippen molar-refractivity contribution in [1.29, 1.82) is 0 Å². The first kappa shape index (κ1) is 21.8. The molecule has 1 aliphatic rings. The van der Waals surface area contributed by atoms with Gasteiger partial charge in [-0.05, 0) is 45.2 Å². The molecule has 0 bridgehead atoms. The Morgan fingerprint density at radius 1 is 1.44 bits per heavy atom. The average Bonchev–Trinajstić information content (AvgIpc) is 3.16. The summed E-state index contributed by atoms with van der Waals surface area (Å²) in [5.41, 5.74) is -1.16. The minimum Gasteiger partial charge on any atom is -0.466 e. The Bertz CT molecular complexity index is 542. The van der Waals surface area contributed by atoms with Crippen molar-refractivity contribution < 1.29 is 14.3 Å². The zero-order chi connectivity index (χ0) is 17.4. The third kappa shape index (κ3) is 8.08. The van der Waals surface area contributed by atoms with Crippen LogP contribution in [0.15, 0.2) is 27.8 Å². The van der Waals surface area contributed by atoms with Crippen LogP contribution >= 0.6 is 24.0 Å². The maximum atomic E-state index is 11.6. The van der Waals surface area contributed by atoms with Gasteiger partial charge in [-0.25, -0.2) is 4.99 Å². The first-order valence-electron chi connectivity index (χ1n) is 8.59. The zero-order valence-electron chi connectivity index (χ0n) is 14.9. The monoisotopic (exact) mass is 464 g/mol. The summed E-state index contributed by atoms with van der Waals surface area (Å²) >= 11 is 0. The average molecular weight is 464 g/mol. The van der Waals surface area contributed by atoms with E-state index in [1.165, 1.54) is 6.26 Å². The summed E-state index contributed by atoms with van der Waals surface area (Å²) < 4.78 is 5.25. The van der Waals surface area contributed by atoms with Crippen LogP contribution in [-0.4, -0.2) is 42.6 Å². The Morgan fingerprint density at radius 2 is 2.20 bits per heavy atom. The zero-order valence-corrected chi connectivity index (χ0v) is 17.2. The molecule has 2 rings (SSSR count). The molecule has 1 heterocycles. The molecule has 4 N–H and O–H groups in total. The quantitative estimate of drug-likeness (QED) is 0.193. The van der Waals surface area contributed by atoms with Crippen molar-refractivity contribution >= 4 is 35.8 Å². The van der Waals surface area contributed by atoms with Crippen molar-refractivity contribution in [2.24, 2.45) is 4.99 Å². The standard InChI is InChI=1S/C17H28N4O3.HI/c1-3-18-16(19-10-4-7-15(22)21-13-8-9-13)20-12-17(2,23)14-6-5-11-24-14;/h5-6,11,13,23H,3-4,7-10,12H2,1-2H3,(H,21,22)(H2,18,19,20);1H. The number of amides is 1. The minimum atomic E-state index is -1.16. The Kier molecular flexibility index (Phi) is 9.26. The van der Waals surface area contributed by atoms with Crippen molar-refractivity contribution in [3.63, 3.8) is 0 Å². The van der Waals surface area contributed by atoms with Gasteiger partial charge in [-0.1, -0.05) is 0 Å². The molecule has 0 radical (unpaired) electrons. The first-order valence-corrected chi connectivity index (χ1v) is 8.59. The highest BCUT2D eigenvalue weighted by molar-refractivity contribution is 14.0. The van der Waals surface area contributed by atoms with Gasteiger partial charge in [0.15, 0.2) is 5.96 Å². The van der Waals surface area contributed by atoms with Crippen LogP contribution in [0.1, 0.15) is 45.3 Å². The summed E-state index contributed by atoms with van der Waals surface area (Å²) in [6, 6.07) is 3.88. The van der Waals surface area contributed by atoms with Crippen molar-refractivity contribution in [3.8, 4) is 0 Å². The highest BCUT2D eigenvalue weighted by Crippen LogP contribution is 2.21. The van der Waals surface area contributed by atoms with Gasteiger partial charge < -0.3 is 25.5 Å². The molecule has 0 aliphatic heterocycles. The largest absolute Gasteiger partial charge is 0.466 e. The van der Waals surface area contributed by atoms with Gasteiger partial charge in [-0.2, -0.15) is 0 Å². The molecule has 142 valence electrons. The molecule has 1 aromatic rings. The van der Waals surface area contributed by atoms with Crippen molar-refractivity contribution in [3.05, 3.63) is 24.2 Å². The van der Waals surface area contributed by atoms with Crippen LogP contribution in [-0.2, 0) is 10.4 Å². The molecule has 0 spiro atoms. The van der Waals surface area contributed by atoms with Gasteiger partial charge in [-0.15, -0.1) is 24.0 Å². The lowest BCUT2D eigenvalue weighted by Gasteiger charge is -2.19. The van der Waals surface area contributed by atoms with E-state index in [0.29, 0.717) is 30.7 Å². The molecule has 0 aromatic carbocycles. The second-order valence-electron chi connectivity index (χ2n) is 6.32. The molecule has 1 atom stereocenters. The van der Waals surface area contributed by atoms with Gasteiger partial charge in [0.25, 0.3) is 0 Å². The SMILES string of the molecule is CCNC(=NCC(C)(O)c1ccco1)NCCCC(=O)NC1CC1.I. The van der Waals surface area contributed by atoms with E-state index in [4.69, 9.17) is 4.42 Å². The van der Waals surface area contributed by atoms with E-state index in [2.05, 4.69) is 20.9 Å². The van der Waals surface area contributed by atoms with E-state index in [0.717, 1.165) is 25.8 Å². The molecule has 7 nitrogen and oxygen atoms in total. The van der Waals surface area contributed by atoms with Crippen LogP contribution in [0.25, 0.3) is 0 Å². The number of guanidine groups is 1. The molecule has 1 amide bonds. The summed E-state index contributed by atoms with van der Waals surface area (Å²) in [6.07, 6.45) is 4.99. The third-order valence-corrected chi connectivity index (χ3v) is 3.76. The number of aliphatic hydroxyl groups is 1. The number of rotatable bonds is 9. The molecular weight excluding hydrogens is 435 g/mol. The summed E-state index contributed by atoms with van der Waals surface area (Å²) in [5, 5.41) is 19.7. The van der Waals surface area contributed by atoms with E-state index in [1.54, 1.807) is 19.1 Å². The van der Waals surface area contributed by atoms with Crippen LogP contribution in [0.5, 0.6) is 0 Å². The van der Waals surface area contributed by atoms with E-state index >= 15 is 0 Å². The molecule has 1 aromatic heterocycles. The fourth-order valence-electron chi connectivity index (χ4n) is 2.22. The lowest BCUT2D eigenvalue weighted by Crippen LogP contribution is -2.39. The second-order valence-corrected chi connectivity index (χ2v) is 6.32. The van der Waals surface area contributed by atoms with E-state index in [9.17, 15) is 9.90 Å². The summed E-state index contributed by atoms with van der Waals surface area (Å²) in [5.74, 6) is 1.22. The molecule has 0 saturated heterocycles. The van der Waals surface area contributed by atoms with Crippen molar-refractivity contribution in [2.45, 2.75) is 51.2 Å². The molecule has 1 unspecified atom stereocenters. The lowest BCUT2D eigenvalue weighted by atomic mass is 10.0. The van der Waals surface area contributed by atoms with E-state index in [1.807, 2.05) is 6.92 Å². The van der Waals surface area contributed by atoms with E-state index < -0.39 is 5.60 Å². The van der Waals surface area contributed by atoms with Gasteiger partial charge in [0, 0.05) is 25.6 Å². The van der Waals surface area contributed by atoms with Crippen LogP contribution in [0.4, 0.5) is 0 Å². The predicted octanol–water partition coefficient (Wildman–Crippen LogP) is 1.72. The molecule has 1 fully saturated rings. The number of hydrogen-bond acceptors (Lipinski definition) is 4. The van der Waals surface area contributed by atoms with Gasteiger partial charge >= 0.3 is 0 Å².